The molecule has 1 amide bonds. The number of carbonyl (C=O) groups excluding carboxylic acids is 1. The van der Waals surface area contributed by atoms with Crippen molar-refractivity contribution < 1.29 is 13.9 Å². The first-order valence-corrected chi connectivity index (χ1v) is 8.10. The van der Waals surface area contributed by atoms with Crippen LogP contribution in [0.1, 0.15) is 23.2 Å². The number of carbonyl (C=O) groups is 1. The molecular weight excluding hydrogens is 365 g/mol. The maximum Gasteiger partial charge on any atom is 0.316 e. The Morgan fingerprint density at radius 1 is 1.26 bits per heavy atom. The minimum Gasteiger partial charge on any atom is -0.458 e. The van der Waals surface area contributed by atoms with Gasteiger partial charge < -0.3 is 9.64 Å². The van der Waals surface area contributed by atoms with E-state index in [1.165, 1.54) is 0 Å². The lowest BCUT2D eigenvalue weighted by atomic mass is 10.1. The van der Waals surface area contributed by atoms with Gasteiger partial charge in [-0.15, -0.1) is 0 Å². The third-order valence-corrected chi connectivity index (χ3v) is 4.15. The zero-order chi connectivity index (χ0) is 16.2. The molecule has 3 rings (SSSR count). The quantitative estimate of drug-likeness (QED) is 0.822. The van der Waals surface area contributed by atoms with E-state index in [2.05, 4.69) is 25.9 Å². The number of benzene rings is 1. The summed E-state index contributed by atoms with van der Waals surface area (Å²) in [4.78, 5) is 21.9. The third kappa shape index (κ3) is 4.04. The third-order valence-electron chi connectivity index (χ3n) is 3.63. The zero-order valence-electron chi connectivity index (χ0n) is 12.3. The second-order valence-corrected chi connectivity index (χ2v) is 6.24. The van der Waals surface area contributed by atoms with Crippen LogP contribution in [0.4, 0.5) is 4.39 Å². The summed E-state index contributed by atoms with van der Waals surface area (Å²) in [6.45, 7) is 1.16. The van der Waals surface area contributed by atoms with Crippen molar-refractivity contribution in [3.8, 4) is 6.01 Å². The number of likely N-dealkylation sites (tertiary alicyclic amines) is 1. The van der Waals surface area contributed by atoms with Gasteiger partial charge in [-0.3, -0.25) is 4.79 Å². The molecule has 5 nitrogen and oxygen atoms in total. The molecular formula is C16H15BrFN3O2. The lowest BCUT2D eigenvalue weighted by molar-refractivity contribution is 0.0515. The molecule has 1 unspecified atom stereocenters. The molecule has 0 radical (unpaired) electrons. The van der Waals surface area contributed by atoms with Gasteiger partial charge in [-0.25, -0.2) is 14.4 Å². The fraction of sp³-hybridized carbons (Fsp3) is 0.312. The second kappa shape index (κ2) is 7.04. The van der Waals surface area contributed by atoms with Crippen LogP contribution in [-0.4, -0.2) is 40.0 Å². The Kier molecular flexibility index (Phi) is 4.85. The molecule has 0 bridgehead atoms. The van der Waals surface area contributed by atoms with Crippen molar-refractivity contribution in [2.45, 2.75) is 18.9 Å². The van der Waals surface area contributed by atoms with Gasteiger partial charge in [0.05, 0.1) is 18.9 Å². The SMILES string of the molecule is O=C(c1ccc(Br)cc1)N1CCCC(Oc2ncc(F)cn2)C1. The fourth-order valence-corrected chi connectivity index (χ4v) is 2.77. The number of hydrogen-bond acceptors (Lipinski definition) is 4. The average molecular weight is 380 g/mol. The Morgan fingerprint density at radius 3 is 2.65 bits per heavy atom. The molecule has 1 saturated heterocycles. The van der Waals surface area contributed by atoms with Crippen molar-refractivity contribution in [1.29, 1.82) is 0 Å². The van der Waals surface area contributed by atoms with Crippen LogP contribution in [0.25, 0.3) is 0 Å². The molecule has 0 N–H and O–H groups in total. The van der Waals surface area contributed by atoms with Gasteiger partial charge in [0, 0.05) is 16.6 Å². The Hall–Kier alpha value is -2.02. The summed E-state index contributed by atoms with van der Waals surface area (Å²) in [6.07, 6.45) is 3.60. The van der Waals surface area contributed by atoms with Crippen molar-refractivity contribution in [1.82, 2.24) is 14.9 Å². The highest BCUT2D eigenvalue weighted by atomic mass is 79.9. The predicted molar refractivity (Wildman–Crippen MR) is 85.7 cm³/mol. The molecule has 1 aromatic carbocycles. The summed E-state index contributed by atoms with van der Waals surface area (Å²) in [6, 6.07) is 7.41. The molecule has 1 atom stereocenters. The molecule has 2 heterocycles. The number of nitrogens with zero attached hydrogens (tertiary/aromatic N) is 3. The largest absolute Gasteiger partial charge is 0.458 e. The first kappa shape index (κ1) is 15.9. The Morgan fingerprint density at radius 2 is 1.96 bits per heavy atom. The molecule has 7 heteroatoms. The summed E-state index contributed by atoms with van der Waals surface area (Å²) >= 11 is 3.36. The van der Waals surface area contributed by atoms with E-state index in [0.29, 0.717) is 18.7 Å². The lowest BCUT2D eigenvalue weighted by Crippen LogP contribution is -2.44. The van der Waals surface area contributed by atoms with Gasteiger partial charge in [-0.2, -0.15) is 0 Å². The van der Waals surface area contributed by atoms with Gasteiger partial charge in [0.15, 0.2) is 5.82 Å². The summed E-state index contributed by atoms with van der Waals surface area (Å²) in [5, 5.41) is 0. The van der Waals surface area contributed by atoms with E-state index < -0.39 is 5.82 Å². The maximum atomic E-state index is 12.8. The molecule has 1 aliphatic rings. The first-order valence-electron chi connectivity index (χ1n) is 7.31. The lowest BCUT2D eigenvalue weighted by Gasteiger charge is -2.32. The van der Waals surface area contributed by atoms with Crippen LogP contribution in [0, 0.1) is 5.82 Å². The second-order valence-electron chi connectivity index (χ2n) is 5.32. The minimum absolute atomic E-state index is 0.0224. The number of aromatic nitrogens is 2. The normalized spacial score (nSPS) is 17.8. The molecule has 0 saturated carbocycles. The summed E-state index contributed by atoms with van der Waals surface area (Å²) in [7, 11) is 0. The zero-order valence-corrected chi connectivity index (χ0v) is 13.9. The fourth-order valence-electron chi connectivity index (χ4n) is 2.50. The number of halogens is 2. The van der Waals surface area contributed by atoms with Crippen LogP contribution >= 0.6 is 15.9 Å². The van der Waals surface area contributed by atoms with Crippen molar-refractivity contribution in [2.24, 2.45) is 0 Å². The summed E-state index contributed by atoms with van der Waals surface area (Å²) in [5.41, 5.74) is 0.645. The Balaban J connectivity index is 1.64. The van der Waals surface area contributed by atoms with Crippen molar-refractivity contribution in [3.63, 3.8) is 0 Å². The summed E-state index contributed by atoms with van der Waals surface area (Å²) in [5.74, 6) is -0.529. The van der Waals surface area contributed by atoms with Crippen LogP contribution in [0.3, 0.4) is 0 Å². The number of ether oxygens (including phenoxy) is 1. The van der Waals surface area contributed by atoms with Crippen molar-refractivity contribution >= 4 is 21.8 Å². The average Bonchev–Trinajstić information content (AvgIpc) is 2.57. The van der Waals surface area contributed by atoms with Crippen LogP contribution in [-0.2, 0) is 0 Å². The molecule has 1 fully saturated rings. The van der Waals surface area contributed by atoms with Crippen molar-refractivity contribution in [3.05, 3.63) is 52.5 Å². The molecule has 0 aliphatic carbocycles. The van der Waals surface area contributed by atoms with Gasteiger partial charge in [0.2, 0.25) is 0 Å². The van der Waals surface area contributed by atoms with Gasteiger partial charge >= 0.3 is 6.01 Å². The molecule has 1 aromatic heterocycles. The standard InChI is InChI=1S/C16H15BrFN3O2/c17-12-5-3-11(4-6-12)15(22)21-7-1-2-14(10-21)23-16-19-8-13(18)9-20-16/h3-6,8-9,14H,1-2,7,10H2. The topological polar surface area (TPSA) is 55.3 Å². The van der Waals surface area contributed by atoms with E-state index in [4.69, 9.17) is 4.74 Å². The highest BCUT2D eigenvalue weighted by Gasteiger charge is 2.26. The van der Waals surface area contributed by atoms with Gasteiger partial charge in [-0.1, -0.05) is 15.9 Å². The molecule has 23 heavy (non-hydrogen) atoms. The number of amides is 1. The summed E-state index contributed by atoms with van der Waals surface area (Å²) < 4.78 is 19.4. The molecule has 2 aromatic rings. The van der Waals surface area contributed by atoms with Crippen LogP contribution in [0.5, 0.6) is 6.01 Å². The maximum absolute atomic E-state index is 12.8. The molecule has 120 valence electrons. The molecule has 0 spiro atoms. The van der Waals surface area contributed by atoms with E-state index in [1.54, 1.807) is 17.0 Å². The highest BCUT2D eigenvalue weighted by Crippen LogP contribution is 2.18. The van der Waals surface area contributed by atoms with E-state index in [1.807, 2.05) is 12.1 Å². The highest BCUT2D eigenvalue weighted by molar-refractivity contribution is 9.10. The van der Waals surface area contributed by atoms with Gasteiger partial charge in [0.25, 0.3) is 5.91 Å². The van der Waals surface area contributed by atoms with Crippen LogP contribution in [0.15, 0.2) is 41.1 Å². The van der Waals surface area contributed by atoms with E-state index >= 15 is 0 Å². The van der Waals surface area contributed by atoms with Gasteiger partial charge in [0.1, 0.15) is 6.10 Å². The molecule has 1 aliphatic heterocycles. The smallest absolute Gasteiger partial charge is 0.316 e. The van der Waals surface area contributed by atoms with Gasteiger partial charge in [-0.05, 0) is 37.1 Å². The Bertz CT molecular complexity index is 679. The van der Waals surface area contributed by atoms with Crippen LogP contribution < -0.4 is 4.74 Å². The monoisotopic (exact) mass is 379 g/mol. The predicted octanol–water partition coefficient (Wildman–Crippen LogP) is 3.06. The van der Waals surface area contributed by atoms with E-state index in [-0.39, 0.29) is 18.0 Å². The minimum atomic E-state index is -0.506. The van der Waals surface area contributed by atoms with E-state index in [0.717, 1.165) is 29.7 Å². The van der Waals surface area contributed by atoms with Crippen molar-refractivity contribution in [2.75, 3.05) is 13.1 Å². The number of rotatable bonds is 3. The Labute approximate surface area is 141 Å². The number of hydrogen-bond donors (Lipinski definition) is 0. The first-order chi connectivity index (χ1) is 11.1. The number of piperidine rings is 1. The van der Waals surface area contributed by atoms with E-state index in [9.17, 15) is 9.18 Å². The van der Waals surface area contributed by atoms with Crippen LogP contribution in [0.2, 0.25) is 0 Å².